The molecule has 1 saturated carbocycles. The van der Waals surface area contributed by atoms with Crippen molar-refractivity contribution in [2.24, 2.45) is 17.3 Å². The molecule has 5 heterocycles. The number of carbonyl (C=O) groups excluding carboxylic acids is 1. The van der Waals surface area contributed by atoms with E-state index in [9.17, 15) is 14.4 Å². The summed E-state index contributed by atoms with van der Waals surface area (Å²) in [5, 5.41) is 18.5. The van der Waals surface area contributed by atoms with Crippen molar-refractivity contribution in [3.05, 3.63) is 30.6 Å². The second-order valence-corrected chi connectivity index (χ2v) is 9.12. The molecule has 164 valence electrons. The molecule has 1 amide bonds. The zero-order valence-corrected chi connectivity index (χ0v) is 17.8. The highest BCUT2D eigenvalue weighted by Crippen LogP contribution is 2.54. The number of ether oxygens (including phenoxy) is 1. The van der Waals surface area contributed by atoms with Gasteiger partial charge in [-0.25, -0.2) is 13.9 Å². The van der Waals surface area contributed by atoms with E-state index in [4.69, 9.17) is 9.72 Å². The molecule has 4 atom stereocenters. The molecule has 3 aromatic rings. The second-order valence-electron chi connectivity index (χ2n) is 9.12. The smallest absolute Gasteiger partial charge is 0.249 e. The van der Waals surface area contributed by atoms with Gasteiger partial charge in [-0.15, -0.1) is 0 Å². The maximum Gasteiger partial charge on any atom is 0.249 e. The fourth-order valence-corrected chi connectivity index (χ4v) is 5.09. The molecule has 1 aliphatic carbocycles. The summed E-state index contributed by atoms with van der Waals surface area (Å²) in [7, 11) is 0. The van der Waals surface area contributed by atoms with Gasteiger partial charge in [0.1, 0.15) is 17.0 Å². The van der Waals surface area contributed by atoms with Crippen molar-refractivity contribution >= 4 is 17.2 Å². The highest BCUT2D eigenvalue weighted by Gasteiger charge is 2.61. The normalized spacial score (nSPS) is 30.0. The molecule has 0 N–H and O–H groups in total. The van der Waals surface area contributed by atoms with Crippen LogP contribution in [-0.2, 0) is 9.53 Å². The highest BCUT2D eigenvalue weighted by molar-refractivity contribution is 6.04. The maximum absolute atomic E-state index is 14.7. The average Bonchev–Trinajstić information content (AvgIpc) is 3.31. The third kappa shape index (κ3) is 2.51. The molecule has 3 fully saturated rings. The first-order valence-corrected chi connectivity index (χ1v) is 10.9. The number of hydrogen-bond acceptors (Lipinski definition) is 6. The Hall–Kier alpha value is -3.32. The van der Waals surface area contributed by atoms with Crippen molar-refractivity contribution in [3.63, 3.8) is 0 Å². The van der Waals surface area contributed by atoms with Crippen LogP contribution in [0.3, 0.4) is 0 Å². The Balaban J connectivity index is 1.46. The van der Waals surface area contributed by atoms with Crippen LogP contribution < -0.4 is 4.90 Å². The van der Waals surface area contributed by atoms with Gasteiger partial charge in [-0.1, -0.05) is 6.92 Å². The zero-order chi connectivity index (χ0) is 22.2. The van der Waals surface area contributed by atoms with Crippen molar-refractivity contribution in [2.45, 2.75) is 38.8 Å². The Morgan fingerprint density at radius 3 is 2.72 bits per heavy atom. The minimum absolute atomic E-state index is 0.0545. The van der Waals surface area contributed by atoms with Crippen LogP contribution in [0.15, 0.2) is 24.8 Å². The predicted octanol–water partition coefficient (Wildman–Crippen LogP) is 2.59. The summed E-state index contributed by atoms with van der Waals surface area (Å²) >= 11 is 0. The first-order chi connectivity index (χ1) is 15.4. The lowest BCUT2D eigenvalue weighted by Crippen LogP contribution is -2.39. The van der Waals surface area contributed by atoms with E-state index in [1.165, 1.54) is 9.42 Å². The first kappa shape index (κ1) is 19.4. The number of nitrogens with zero attached hydrogens (tertiary/aromatic N) is 7. The van der Waals surface area contributed by atoms with Crippen LogP contribution in [0.5, 0.6) is 0 Å². The summed E-state index contributed by atoms with van der Waals surface area (Å²) in [5.41, 5.74) is 0.316. The van der Waals surface area contributed by atoms with Crippen molar-refractivity contribution in [1.29, 1.82) is 5.26 Å². The number of rotatable bonds is 4. The van der Waals surface area contributed by atoms with Gasteiger partial charge < -0.3 is 4.74 Å². The van der Waals surface area contributed by atoms with Crippen LogP contribution in [0.2, 0.25) is 0 Å². The van der Waals surface area contributed by atoms with Gasteiger partial charge in [0, 0.05) is 24.2 Å². The van der Waals surface area contributed by atoms with E-state index in [-0.39, 0.29) is 41.2 Å². The number of fused-ring (bicyclic) bond motifs is 1. The Bertz CT molecular complexity index is 1290. The number of anilines is 1. The van der Waals surface area contributed by atoms with Crippen molar-refractivity contribution in [2.75, 3.05) is 18.1 Å². The number of aromatic nitrogens is 5. The first-order valence-electron chi connectivity index (χ1n) is 10.9. The van der Waals surface area contributed by atoms with E-state index in [1.54, 1.807) is 12.4 Å². The summed E-state index contributed by atoms with van der Waals surface area (Å²) in [6.45, 7) is 4.82. The minimum Gasteiger partial charge on any atom is -0.374 e. The molecule has 0 unspecified atom stereocenters. The zero-order valence-electron chi connectivity index (χ0n) is 17.8. The Morgan fingerprint density at radius 1 is 1.25 bits per heavy atom. The number of halogens is 1. The van der Waals surface area contributed by atoms with E-state index in [2.05, 4.69) is 16.3 Å². The van der Waals surface area contributed by atoms with Crippen LogP contribution in [0.25, 0.3) is 16.8 Å². The highest BCUT2D eigenvalue weighted by atomic mass is 19.1. The molecule has 0 spiro atoms. The maximum atomic E-state index is 14.7. The lowest BCUT2D eigenvalue weighted by molar-refractivity contribution is -0.124. The van der Waals surface area contributed by atoms with E-state index in [0.717, 1.165) is 24.6 Å². The molecule has 3 aromatic heterocycles. The largest absolute Gasteiger partial charge is 0.374 e. The summed E-state index contributed by atoms with van der Waals surface area (Å²) in [6.07, 6.45) is 8.13. The monoisotopic (exact) mass is 435 g/mol. The molecule has 9 nitrogen and oxygen atoms in total. The van der Waals surface area contributed by atoms with E-state index in [1.807, 2.05) is 24.7 Å². The van der Waals surface area contributed by atoms with Gasteiger partial charge in [0.05, 0.1) is 43.1 Å². The van der Waals surface area contributed by atoms with Gasteiger partial charge in [0.2, 0.25) is 5.91 Å². The molecule has 0 aromatic carbocycles. The van der Waals surface area contributed by atoms with Crippen molar-refractivity contribution in [3.8, 4) is 17.3 Å². The molecule has 2 aliphatic heterocycles. The fourth-order valence-electron chi connectivity index (χ4n) is 5.09. The SMILES string of the molecule is C[C@@H]1CN(c2nc(-c3cnn([C@H]4CO[C@@H]4C)c3)cn3ncc(F)c23)C(=O)[C@]1(C#N)C1CC1. The molecule has 6 rings (SSSR count). The lowest BCUT2D eigenvalue weighted by Gasteiger charge is -2.34. The second kappa shape index (κ2) is 6.59. The molecule has 0 radical (unpaired) electrons. The van der Waals surface area contributed by atoms with Crippen LogP contribution in [-0.4, -0.2) is 49.5 Å². The van der Waals surface area contributed by atoms with Crippen LogP contribution in [0.1, 0.15) is 32.7 Å². The van der Waals surface area contributed by atoms with E-state index >= 15 is 0 Å². The van der Waals surface area contributed by atoms with Gasteiger partial charge >= 0.3 is 0 Å². The fraction of sp³-hybridized carbons (Fsp3) is 0.500. The third-order valence-corrected chi connectivity index (χ3v) is 7.24. The van der Waals surface area contributed by atoms with Gasteiger partial charge in [-0.3, -0.25) is 14.4 Å². The third-order valence-electron chi connectivity index (χ3n) is 7.24. The molecular formula is C22H22FN7O2. The lowest BCUT2D eigenvalue weighted by atomic mass is 9.75. The summed E-state index contributed by atoms with van der Waals surface area (Å²) < 4.78 is 23.4. The molecule has 0 bridgehead atoms. The molecule has 10 heteroatoms. The quantitative estimate of drug-likeness (QED) is 0.624. The molecule has 32 heavy (non-hydrogen) atoms. The van der Waals surface area contributed by atoms with Gasteiger partial charge in [-0.05, 0) is 25.7 Å². The van der Waals surface area contributed by atoms with E-state index < -0.39 is 11.2 Å². The van der Waals surface area contributed by atoms with Crippen molar-refractivity contribution < 1.29 is 13.9 Å². The Labute approximate surface area is 183 Å². The Morgan fingerprint density at radius 2 is 2.06 bits per heavy atom. The number of carbonyl (C=O) groups is 1. The van der Waals surface area contributed by atoms with Gasteiger partial charge in [-0.2, -0.15) is 15.5 Å². The number of nitriles is 1. The van der Waals surface area contributed by atoms with E-state index in [0.29, 0.717) is 18.8 Å². The molecule has 2 saturated heterocycles. The molecule has 3 aliphatic rings. The van der Waals surface area contributed by atoms with Crippen LogP contribution >= 0.6 is 0 Å². The average molecular weight is 435 g/mol. The minimum atomic E-state index is -1.07. The van der Waals surface area contributed by atoms with Gasteiger partial charge in [0.25, 0.3) is 0 Å². The van der Waals surface area contributed by atoms with Gasteiger partial charge in [0.15, 0.2) is 11.6 Å². The summed E-state index contributed by atoms with van der Waals surface area (Å²) in [4.78, 5) is 19.7. The summed E-state index contributed by atoms with van der Waals surface area (Å²) in [5.74, 6) is -0.777. The van der Waals surface area contributed by atoms with Crippen molar-refractivity contribution in [1.82, 2.24) is 24.4 Å². The Kier molecular flexibility index (Phi) is 3.99. The summed E-state index contributed by atoms with van der Waals surface area (Å²) in [6, 6.07) is 2.47. The number of amides is 1. The van der Waals surface area contributed by atoms with Crippen LogP contribution in [0.4, 0.5) is 10.2 Å². The predicted molar refractivity (Wildman–Crippen MR) is 111 cm³/mol. The molecular weight excluding hydrogens is 413 g/mol. The van der Waals surface area contributed by atoms with Crippen LogP contribution in [0, 0.1) is 34.4 Å². The number of hydrogen-bond donors (Lipinski definition) is 0. The topological polar surface area (TPSA) is 101 Å². The standard InChI is InChI=1S/C22H22FN7O2/c1-12-7-28(21(31)22(12,11-24)15-3-4-15)20-19-16(23)6-26-30(19)9-17(27-20)14-5-25-29(8-14)18-10-32-13(18)2/h5-6,8-9,12-13,15,18H,3-4,7,10H2,1-2H3/t12-,13-,18+,22+/m1/s1.